The normalized spacial score (nSPS) is 18.3. The number of aromatic nitrogens is 2. The zero-order chi connectivity index (χ0) is 17.4. The smallest absolute Gasteiger partial charge is 0.238 e. The molecular weight excluding hydrogens is 312 g/mol. The number of unbranched alkanes of at least 4 members (excludes halogenated alkanes) is 1. The molecule has 0 radical (unpaired) electrons. The zero-order valence-electron chi connectivity index (χ0n) is 13.9. The van der Waals surface area contributed by atoms with Crippen LogP contribution in [0.5, 0.6) is 0 Å². The van der Waals surface area contributed by atoms with Crippen molar-refractivity contribution in [2.24, 2.45) is 17.4 Å². The first-order chi connectivity index (χ1) is 11.7. The van der Waals surface area contributed by atoms with Crippen LogP contribution in [-0.4, -0.2) is 47.5 Å². The van der Waals surface area contributed by atoms with Crippen LogP contribution in [0.1, 0.15) is 56.0 Å². The second-order valence-corrected chi connectivity index (χ2v) is 6.14. The molecule has 2 atom stereocenters. The second kappa shape index (κ2) is 9.67. The number of hydrogen-bond donors (Lipinski definition) is 5. The number of nitrogens with two attached hydrogens (primary N) is 2. The van der Waals surface area contributed by atoms with Gasteiger partial charge in [0.1, 0.15) is 12.1 Å². The molecular formula is C15H28N6O3. The van der Waals surface area contributed by atoms with Crippen LogP contribution in [0, 0.1) is 5.92 Å². The number of rotatable bonds is 9. The molecule has 9 nitrogen and oxygen atoms in total. The van der Waals surface area contributed by atoms with Gasteiger partial charge in [0.05, 0.1) is 6.61 Å². The van der Waals surface area contributed by atoms with Crippen LogP contribution in [-0.2, 0) is 4.79 Å². The molecule has 1 aliphatic heterocycles. The maximum Gasteiger partial charge on any atom is 0.238 e. The standard InChI is InChI=1S/C15H28N6O3/c16-6-2-1-3-12(15-21-20-14(24-15)11(17)9-22)19-13(23)10-4-7-18-8-5-10/h10-12,18,22H,1-9,16-17H2,(H,19,23)/t11?,12-/m0/s1. The Morgan fingerprint density at radius 1 is 1.33 bits per heavy atom. The molecule has 1 aromatic heterocycles. The number of hydrogen-bond acceptors (Lipinski definition) is 8. The lowest BCUT2D eigenvalue weighted by Gasteiger charge is -2.24. The van der Waals surface area contributed by atoms with Gasteiger partial charge >= 0.3 is 0 Å². The van der Waals surface area contributed by atoms with Crippen molar-refractivity contribution in [2.75, 3.05) is 26.2 Å². The van der Waals surface area contributed by atoms with Crippen LogP contribution in [0.25, 0.3) is 0 Å². The molecule has 1 fully saturated rings. The van der Waals surface area contributed by atoms with E-state index in [1.54, 1.807) is 0 Å². The molecule has 7 N–H and O–H groups in total. The molecule has 24 heavy (non-hydrogen) atoms. The van der Waals surface area contributed by atoms with Crippen molar-refractivity contribution in [3.63, 3.8) is 0 Å². The van der Waals surface area contributed by atoms with Gasteiger partial charge in [0.2, 0.25) is 17.7 Å². The summed E-state index contributed by atoms with van der Waals surface area (Å²) in [5, 5.41) is 23.2. The highest BCUT2D eigenvalue weighted by Gasteiger charge is 2.27. The largest absolute Gasteiger partial charge is 0.421 e. The minimum atomic E-state index is -0.712. The molecule has 1 aliphatic rings. The molecule has 0 saturated carbocycles. The maximum absolute atomic E-state index is 12.5. The number of nitrogens with zero attached hydrogens (tertiary/aromatic N) is 2. The van der Waals surface area contributed by atoms with E-state index in [9.17, 15) is 4.79 Å². The van der Waals surface area contributed by atoms with Gasteiger partial charge in [0.25, 0.3) is 0 Å². The predicted molar refractivity (Wildman–Crippen MR) is 87.7 cm³/mol. The monoisotopic (exact) mass is 340 g/mol. The lowest BCUT2D eigenvalue weighted by Crippen LogP contribution is -2.39. The lowest BCUT2D eigenvalue weighted by atomic mass is 9.96. The van der Waals surface area contributed by atoms with Gasteiger partial charge in [-0.25, -0.2) is 0 Å². The fourth-order valence-electron chi connectivity index (χ4n) is 2.74. The van der Waals surface area contributed by atoms with Crippen LogP contribution >= 0.6 is 0 Å². The van der Waals surface area contributed by atoms with Crippen molar-refractivity contribution in [3.8, 4) is 0 Å². The summed E-state index contributed by atoms with van der Waals surface area (Å²) in [4.78, 5) is 12.5. The van der Waals surface area contributed by atoms with Gasteiger partial charge in [0, 0.05) is 5.92 Å². The Labute approximate surface area is 141 Å². The molecule has 1 amide bonds. The van der Waals surface area contributed by atoms with Gasteiger partial charge in [-0.2, -0.15) is 0 Å². The van der Waals surface area contributed by atoms with Crippen LogP contribution in [0.2, 0.25) is 0 Å². The van der Waals surface area contributed by atoms with Gasteiger partial charge in [-0.05, 0) is 51.7 Å². The Morgan fingerprint density at radius 3 is 2.71 bits per heavy atom. The Kier molecular flexibility index (Phi) is 7.57. The summed E-state index contributed by atoms with van der Waals surface area (Å²) >= 11 is 0. The molecule has 9 heteroatoms. The number of amides is 1. The third-order valence-corrected chi connectivity index (χ3v) is 4.24. The molecule has 1 aromatic rings. The molecule has 0 spiro atoms. The SMILES string of the molecule is NCCCC[C@H](NC(=O)C1CCNCC1)c1nnc(C(N)CO)o1. The summed E-state index contributed by atoms with van der Waals surface area (Å²) in [6, 6.07) is -1.07. The van der Waals surface area contributed by atoms with E-state index < -0.39 is 6.04 Å². The van der Waals surface area contributed by atoms with E-state index in [0.29, 0.717) is 18.9 Å². The van der Waals surface area contributed by atoms with Crippen molar-refractivity contribution in [1.82, 2.24) is 20.8 Å². The van der Waals surface area contributed by atoms with Crippen molar-refractivity contribution < 1.29 is 14.3 Å². The average molecular weight is 340 g/mol. The van der Waals surface area contributed by atoms with E-state index in [0.717, 1.165) is 38.8 Å². The Balaban J connectivity index is 2.02. The highest BCUT2D eigenvalue weighted by atomic mass is 16.4. The minimum Gasteiger partial charge on any atom is -0.421 e. The number of carbonyl (C=O) groups excluding carboxylic acids is 1. The van der Waals surface area contributed by atoms with E-state index in [-0.39, 0.29) is 30.4 Å². The molecule has 0 bridgehead atoms. The third-order valence-electron chi connectivity index (χ3n) is 4.24. The van der Waals surface area contributed by atoms with Gasteiger partial charge in [-0.1, -0.05) is 0 Å². The topological polar surface area (TPSA) is 152 Å². The average Bonchev–Trinajstić information content (AvgIpc) is 3.11. The number of nitrogens with one attached hydrogen (secondary N) is 2. The predicted octanol–water partition coefficient (Wildman–Crippen LogP) is -0.652. The molecule has 1 unspecified atom stereocenters. The van der Waals surface area contributed by atoms with E-state index in [2.05, 4.69) is 20.8 Å². The van der Waals surface area contributed by atoms with Gasteiger partial charge in [0.15, 0.2) is 0 Å². The van der Waals surface area contributed by atoms with Gasteiger partial charge in [-0.3, -0.25) is 4.79 Å². The summed E-state index contributed by atoms with van der Waals surface area (Å²) in [5.74, 6) is 0.520. The maximum atomic E-state index is 12.5. The van der Waals surface area contributed by atoms with Crippen molar-refractivity contribution in [3.05, 3.63) is 11.8 Å². The summed E-state index contributed by atoms with van der Waals surface area (Å²) in [5.41, 5.74) is 11.2. The molecule has 1 saturated heterocycles. The summed E-state index contributed by atoms with van der Waals surface area (Å²) in [7, 11) is 0. The van der Waals surface area contributed by atoms with Gasteiger partial charge < -0.3 is 31.6 Å². The van der Waals surface area contributed by atoms with E-state index >= 15 is 0 Å². The lowest BCUT2D eigenvalue weighted by molar-refractivity contribution is -0.126. The van der Waals surface area contributed by atoms with Crippen molar-refractivity contribution >= 4 is 5.91 Å². The molecule has 0 aromatic carbocycles. The highest BCUT2D eigenvalue weighted by molar-refractivity contribution is 5.79. The Bertz CT molecular complexity index is 503. The fraction of sp³-hybridized carbons (Fsp3) is 0.800. The van der Waals surface area contributed by atoms with Crippen LogP contribution in [0.3, 0.4) is 0 Å². The van der Waals surface area contributed by atoms with Crippen molar-refractivity contribution in [1.29, 1.82) is 0 Å². The van der Waals surface area contributed by atoms with E-state index in [1.807, 2.05) is 0 Å². The van der Waals surface area contributed by atoms with Gasteiger partial charge in [-0.15, -0.1) is 10.2 Å². The molecule has 136 valence electrons. The summed E-state index contributed by atoms with van der Waals surface area (Å²) in [6.45, 7) is 2.03. The molecule has 2 heterocycles. The number of carbonyl (C=O) groups is 1. The van der Waals surface area contributed by atoms with Crippen LogP contribution < -0.4 is 22.1 Å². The van der Waals surface area contributed by atoms with Crippen LogP contribution in [0.15, 0.2) is 4.42 Å². The van der Waals surface area contributed by atoms with E-state index in [4.69, 9.17) is 21.0 Å². The molecule has 0 aliphatic carbocycles. The Morgan fingerprint density at radius 2 is 2.04 bits per heavy atom. The highest BCUT2D eigenvalue weighted by Crippen LogP contribution is 2.22. The third kappa shape index (κ3) is 5.23. The summed E-state index contributed by atoms with van der Waals surface area (Å²) < 4.78 is 5.55. The first-order valence-electron chi connectivity index (χ1n) is 8.56. The zero-order valence-corrected chi connectivity index (χ0v) is 13.9. The first-order valence-corrected chi connectivity index (χ1v) is 8.56. The second-order valence-electron chi connectivity index (χ2n) is 6.14. The minimum absolute atomic E-state index is 0.00495. The Hall–Kier alpha value is -1.55. The fourth-order valence-corrected chi connectivity index (χ4v) is 2.74. The van der Waals surface area contributed by atoms with Crippen LogP contribution in [0.4, 0.5) is 0 Å². The molecule has 2 rings (SSSR count). The number of aliphatic hydroxyl groups excluding tert-OH is 1. The number of piperidine rings is 1. The summed E-state index contributed by atoms with van der Waals surface area (Å²) in [6.07, 6.45) is 4.02. The van der Waals surface area contributed by atoms with E-state index in [1.165, 1.54) is 0 Å². The quantitative estimate of drug-likeness (QED) is 0.372. The van der Waals surface area contributed by atoms with Crippen molar-refractivity contribution in [2.45, 2.75) is 44.2 Å². The number of aliphatic hydroxyl groups is 1. The first kappa shape index (κ1) is 18.8.